The van der Waals surface area contributed by atoms with Crippen LogP contribution < -0.4 is 5.73 Å². The van der Waals surface area contributed by atoms with Crippen molar-refractivity contribution in [3.05, 3.63) is 23.8 Å². The Balaban J connectivity index is 3.04. The van der Waals surface area contributed by atoms with Gasteiger partial charge in [-0.25, -0.2) is 0 Å². The number of hydrogen-bond acceptors (Lipinski definition) is 4. The normalized spacial score (nSPS) is 15.9. The molecule has 0 amide bonds. The summed E-state index contributed by atoms with van der Waals surface area (Å²) in [6.07, 6.45) is 0.812. The lowest BCUT2D eigenvalue weighted by Gasteiger charge is -2.26. The van der Waals surface area contributed by atoms with Gasteiger partial charge in [0.05, 0.1) is 0 Å². The molecule has 0 saturated heterocycles. The van der Waals surface area contributed by atoms with E-state index in [2.05, 4.69) is 0 Å². The van der Waals surface area contributed by atoms with Crippen LogP contribution >= 0.6 is 0 Å². The molecule has 0 radical (unpaired) electrons. The number of carbonyl (C=O) groups is 1. The molecule has 0 aliphatic heterocycles. The summed E-state index contributed by atoms with van der Waals surface area (Å²) in [5.41, 5.74) is 4.88. The van der Waals surface area contributed by atoms with Crippen molar-refractivity contribution in [2.24, 2.45) is 5.73 Å². The van der Waals surface area contributed by atoms with E-state index >= 15 is 0 Å². The van der Waals surface area contributed by atoms with Crippen LogP contribution in [0.1, 0.15) is 38.2 Å². The highest BCUT2D eigenvalue weighted by atomic mass is 16.4. The number of aliphatic carboxylic acids is 1. The van der Waals surface area contributed by atoms with Crippen LogP contribution in [0.3, 0.4) is 0 Å². The molecule has 0 fully saturated rings. The van der Waals surface area contributed by atoms with Crippen molar-refractivity contribution in [3.8, 4) is 11.5 Å². The third-order valence-corrected chi connectivity index (χ3v) is 3.14. The third-order valence-electron chi connectivity index (χ3n) is 3.14. The van der Waals surface area contributed by atoms with E-state index in [1.165, 1.54) is 13.0 Å². The molecular formula is C13H19NO4. The molecule has 5 N–H and O–H groups in total. The van der Waals surface area contributed by atoms with Gasteiger partial charge in [0.25, 0.3) is 0 Å². The first-order valence-electron chi connectivity index (χ1n) is 5.82. The predicted molar refractivity (Wildman–Crippen MR) is 67.6 cm³/mol. The van der Waals surface area contributed by atoms with Gasteiger partial charge in [-0.2, -0.15) is 0 Å². The molecule has 0 spiro atoms. The van der Waals surface area contributed by atoms with Gasteiger partial charge in [0.1, 0.15) is 5.54 Å². The van der Waals surface area contributed by atoms with Crippen molar-refractivity contribution >= 4 is 5.97 Å². The van der Waals surface area contributed by atoms with Gasteiger partial charge in [0.2, 0.25) is 0 Å². The van der Waals surface area contributed by atoms with E-state index in [0.29, 0.717) is 12.0 Å². The number of carboxylic acids is 1. The van der Waals surface area contributed by atoms with Crippen molar-refractivity contribution < 1.29 is 20.1 Å². The number of carboxylic acid groups (broad SMARTS) is 1. The van der Waals surface area contributed by atoms with Gasteiger partial charge in [-0.3, -0.25) is 4.79 Å². The van der Waals surface area contributed by atoms with Crippen molar-refractivity contribution in [1.29, 1.82) is 0 Å². The zero-order chi connectivity index (χ0) is 13.9. The molecule has 1 aromatic carbocycles. The predicted octanol–water partition coefficient (Wildman–Crippen LogP) is 1.78. The van der Waals surface area contributed by atoms with Crippen LogP contribution in [-0.4, -0.2) is 26.8 Å². The fourth-order valence-electron chi connectivity index (χ4n) is 1.95. The Bertz CT molecular complexity index is 443. The number of benzene rings is 1. The molecular weight excluding hydrogens is 234 g/mol. The summed E-state index contributed by atoms with van der Waals surface area (Å²) < 4.78 is 0. The van der Waals surface area contributed by atoms with Crippen molar-refractivity contribution in [2.45, 2.75) is 38.1 Å². The molecule has 1 aromatic rings. The van der Waals surface area contributed by atoms with E-state index in [-0.39, 0.29) is 23.8 Å². The third kappa shape index (κ3) is 2.92. The Kier molecular flexibility index (Phi) is 4.19. The second kappa shape index (κ2) is 5.27. The maximum atomic E-state index is 11.0. The second-order valence-electron chi connectivity index (χ2n) is 4.75. The molecule has 1 rings (SSSR count). The molecule has 0 aliphatic rings. The smallest absolute Gasteiger partial charge is 0.323 e. The van der Waals surface area contributed by atoms with Crippen molar-refractivity contribution in [3.63, 3.8) is 0 Å². The highest BCUT2D eigenvalue weighted by molar-refractivity contribution is 5.78. The number of rotatable bonds is 5. The summed E-state index contributed by atoms with van der Waals surface area (Å²) in [5, 5.41) is 28.3. The van der Waals surface area contributed by atoms with E-state index in [1.54, 1.807) is 12.1 Å². The molecule has 0 heterocycles. The first-order chi connectivity index (χ1) is 8.29. The fourth-order valence-corrected chi connectivity index (χ4v) is 1.95. The van der Waals surface area contributed by atoms with Gasteiger partial charge >= 0.3 is 5.97 Å². The van der Waals surface area contributed by atoms with E-state index in [1.807, 2.05) is 6.92 Å². The monoisotopic (exact) mass is 253 g/mol. The molecule has 0 bridgehead atoms. The molecule has 5 nitrogen and oxygen atoms in total. The Morgan fingerprint density at radius 3 is 2.56 bits per heavy atom. The number of phenols is 2. The zero-order valence-electron chi connectivity index (χ0n) is 10.6. The largest absolute Gasteiger partial charge is 0.504 e. The maximum absolute atomic E-state index is 11.0. The van der Waals surface area contributed by atoms with E-state index in [0.717, 1.165) is 0 Å². The van der Waals surface area contributed by atoms with Gasteiger partial charge in [-0.15, -0.1) is 0 Å². The van der Waals surface area contributed by atoms with Crippen LogP contribution in [-0.2, 0) is 4.79 Å². The Hall–Kier alpha value is -1.75. The fraction of sp³-hybridized carbons (Fsp3) is 0.462. The topological polar surface area (TPSA) is 104 Å². The summed E-state index contributed by atoms with van der Waals surface area (Å²) >= 11 is 0. The highest BCUT2D eigenvalue weighted by Crippen LogP contribution is 2.38. The van der Waals surface area contributed by atoms with Crippen LogP contribution in [0.15, 0.2) is 18.2 Å². The highest BCUT2D eigenvalue weighted by Gasteiger charge is 2.32. The summed E-state index contributed by atoms with van der Waals surface area (Å²) in [4.78, 5) is 11.0. The lowest BCUT2D eigenvalue weighted by molar-refractivity contribution is -0.143. The van der Waals surface area contributed by atoms with Crippen LogP contribution in [0.25, 0.3) is 0 Å². The Morgan fingerprint density at radius 1 is 1.44 bits per heavy atom. The maximum Gasteiger partial charge on any atom is 0.323 e. The van der Waals surface area contributed by atoms with E-state index in [4.69, 9.17) is 10.8 Å². The Labute approximate surface area is 106 Å². The summed E-state index contributed by atoms with van der Waals surface area (Å²) in [6.45, 7) is 3.32. The second-order valence-corrected chi connectivity index (χ2v) is 4.75. The summed E-state index contributed by atoms with van der Waals surface area (Å²) in [7, 11) is 0. The van der Waals surface area contributed by atoms with Crippen molar-refractivity contribution in [1.82, 2.24) is 0 Å². The minimum atomic E-state index is -1.36. The van der Waals surface area contributed by atoms with Gasteiger partial charge in [-0.1, -0.05) is 19.1 Å². The van der Waals surface area contributed by atoms with Gasteiger partial charge in [0, 0.05) is 5.56 Å². The molecule has 5 heteroatoms. The molecule has 0 aliphatic carbocycles. The SMILES string of the molecule is CCC(CC(C)(N)C(=O)O)c1cccc(O)c1O. The number of aromatic hydroxyl groups is 2. The van der Waals surface area contributed by atoms with Crippen LogP contribution in [0, 0.1) is 0 Å². The van der Waals surface area contributed by atoms with Crippen LogP contribution in [0.4, 0.5) is 0 Å². The first kappa shape index (κ1) is 14.3. The van der Waals surface area contributed by atoms with E-state index < -0.39 is 11.5 Å². The molecule has 18 heavy (non-hydrogen) atoms. The lowest BCUT2D eigenvalue weighted by Crippen LogP contribution is -2.45. The van der Waals surface area contributed by atoms with Gasteiger partial charge < -0.3 is 21.1 Å². The first-order valence-corrected chi connectivity index (χ1v) is 5.82. The van der Waals surface area contributed by atoms with Gasteiger partial charge in [-0.05, 0) is 31.7 Å². The molecule has 0 saturated carbocycles. The van der Waals surface area contributed by atoms with Crippen LogP contribution in [0.5, 0.6) is 11.5 Å². The van der Waals surface area contributed by atoms with Crippen LogP contribution in [0.2, 0.25) is 0 Å². The molecule has 2 unspecified atom stereocenters. The quantitative estimate of drug-likeness (QED) is 0.599. The average molecular weight is 253 g/mol. The minimum Gasteiger partial charge on any atom is -0.504 e. The number of nitrogens with two attached hydrogens (primary N) is 1. The number of para-hydroxylation sites is 1. The van der Waals surface area contributed by atoms with E-state index in [9.17, 15) is 15.0 Å². The van der Waals surface area contributed by atoms with Gasteiger partial charge in [0.15, 0.2) is 11.5 Å². The standard InChI is InChI=1S/C13H19NO4/c1-3-8(7-13(2,14)12(17)18)9-5-4-6-10(15)11(9)16/h4-6,8,15-16H,3,7,14H2,1-2H3,(H,17,18). The number of hydrogen-bond donors (Lipinski definition) is 4. The molecule has 0 aromatic heterocycles. The average Bonchev–Trinajstić information content (AvgIpc) is 2.30. The zero-order valence-corrected chi connectivity index (χ0v) is 10.6. The molecule has 2 atom stereocenters. The summed E-state index contributed by atoms with van der Waals surface area (Å²) in [6, 6.07) is 4.66. The minimum absolute atomic E-state index is 0.190. The molecule has 100 valence electrons. The number of phenolic OH excluding ortho intramolecular Hbond substituents is 2. The summed E-state index contributed by atoms with van der Waals surface area (Å²) in [5.74, 6) is -1.71. The Morgan fingerprint density at radius 2 is 2.06 bits per heavy atom. The van der Waals surface area contributed by atoms with Crippen molar-refractivity contribution in [2.75, 3.05) is 0 Å². The lowest BCUT2D eigenvalue weighted by atomic mass is 9.83.